The van der Waals surface area contributed by atoms with E-state index in [-0.39, 0.29) is 24.0 Å². The Morgan fingerprint density at radius 1 is 1.26 bits per heavy atom. The first-order chi connectivity index (χ1) is 12.7. The predicted octanol–water partition coefficient (Wildman–Crippen LogP) is 3.99. The molecule has 6 heteroatoms. The summed E-state index contributed by atoms with van der Waals surface area (Å²) in [5.41, 5.74) is 2.46. The summed E-state index contributed by atoms with van der Waals surface area (Å²) in [5.74, 6) is 3.05. The van der Waals surface area contributed by atoms with Crippen molar-refractivity contribution in [3.05, 3.63) is 59.7 Å². The number of piperidine rings is 1. The molecule has 1 aliphatic heterocycles. The molecule has 5 nitrogen and oxygen atoms in total. The van der Waals surface area contributed by atoms with Gasteiger partial charge in [-0.1, -0.05) is 43.7 Å². The van der Waals surface area contributed by atoms with Gasteiger partial charge in [-0.15, -0.1) is 24.0 Å². The van der Waals surface area contributed by atoms with Crippen LogP contribution in [0.15, 0.2) is 47.6 Å². The normalized spacial score (nSPS) is 20.1. The Balaban J connectivity index is 0.00000261. The van der Waals surface area contributed by atoms with Crippen LogP contribution < -0.4 is 5.32 Å². The van der Waals surface area contributed by atoms with Crippen molar-refractivity contribution in [2.24, 2.45) is 10.9 Å². The van der Waals surface area contributed by atoms with Gasteiger partial charge in [0.25, 0.3) is 0 Å². The van der Waals surface area contributed by atoms with Gasteiger partial charge in [0.15, 0.2) is 5.96 Å². The number of aliphatic imine (C=N–C) groups is 1. The Hall–Kier alpha value is -1.70. The van der Waals surface area contributed by atoms with Gasteiger partial charge in [0, 0.05) is 26.3 Å². The van der Waals surface area contributed by atoms with E-state index in [4.69, 9.17) is 0 Å². The molecule has 2 atom stereocenters. The van der Waals surface area contributed by atoms with Gasteiger partial charge in [-0.2, -0.15) is 0 Å². The van der Waals surface area contributed by atoms with E-state index in [1.54, 1.807) is 6.20 Å². The van der Waals surface area contributed by atoms with E-state index in [0.29, 0.717) is 18.4 Å². The maximum absolute atomic E-state index is 4.50. The Morgan fingerprint density at radius 2 is 2.04 bits per heavy atom. The van der Waals surface area contributed by atoms with Crippen LogP contribution in [-0.2, 0) is 6.54 Å². The van der Waals surface area contributed by atoms with Crippen LogP contribution in [0.4, 0.5) is 0 Å². The second-order valence-corrected chi connectivity index (χ2v) is 6.92. The minimum absolute atomic E-state index is 0. The Kier molecular flexibility index (Phi) is 8.47. The van der Waals surface area contributed by atoms with Crippen LogP contribution in [0.3, 0.4) is 0 Å². The summed E-state index contributed by atoms with van der Waals surface area (Å²) >= 11 is 0. The number of rotatable bonds is 4. The molecule has 1 fully saturated rings. The molecule has 1 aromatic heterocycles. The lowest BCUT2D eigenvalue weighted by Gasteiger charge is -2.40. The zero-order valence-electron chi connectivity index (χ0n) is 16.4. The number of nitrogens with zero attached hydrogens (tertiary/aromatic N) is 4. The van der Waals surface area contributed by atoms with E-state index < -0.39 is 0 Å². The largest absolute Gasteiger partial charge is 0.351 e. The van der Waals surface area contributed by atoms with Crippen molar-refractivity contribution in [3.63, 3.8) is 0 Å². The molecule has 0 saturated carbocycles. The van der Waals surface area contributed by atoms with Gasteiger partial charge in [-0.25, -0.2) is 9.97 Å². The molecule has 1 N–H and O–H groups in total. The predicted molar refractivity (Wildman–Crippen MR) is 122 cm³/mol. The number of aromatic nitrogens is 2. The van der Waals surface area contributed by atoms with Crippen molar-refractivity contribution >= 4 is 29.9 Å². The number of likely N-dealkylation sites (tertiary alicyclic amines) is 1. The fourth-order valence-electron chi connectivity index (χ4n) is 3.88. The maximum atomic E-state index is 4.50. The second-order valence-electron chi connectivity index (χ2n) is 6.92. The van der Waals surface area contributed by atoms with Gasteiger partial charge < -0.3 is 10.2 Å². The quantitative estimate of drug-likeness (QED) is 0.410. The molecule has 0 spiro atoms. The Morgan fingerprint density at radius 3 is 2.70 bits per heavy atom. The minimum atomic E-state index is 0. The molecule has 0 radical (unpaired) electrons. The first kappa shape index (κ1) is 21.6. The third kappa shape index (κ3) is 5.64. The van der Waals surface area contributed by atoms with E-state index in [1.165, 1.54) is 12.0 Å². The second kappa shape index (κ2) is 10.6. The molecular weight excluding hydrogens is 449 g/mol. The van der Waals surface area contributed by atoms with Crippen LogP contribution in [0.25, 0.3) is 0 Å². The zero-order chi connectivity index (χ0) is 18.4. The first-order valence-electron chi connectivity index (χ1n) is 9.50. The monoisotopic (exact) mass is 479 g/mol. The highest BCUT2D eigenvalue weighted by atomic mass is 127. The summed E-state index contributed by atoms with van der Waals surface area (Å²) in [5, 5.41) is 3.47. The molecule has 0 aliphatic carbocycles. The molecule has 2 aromatic rings. The lowest BCUT2D eigenvalue weighted by molar-refractivity contribution is 0.215. The molecule has 2 heterocycles. The molecule has 27 heavy (non-hydrogen) atoms. The first-order valence-corrected chi connectivity index (χ1v) is 9.50. The Bertz CT molecular complexity index is 734. The fourth-order valence-corrected chi connectivity index (χ4v) is 3.88. The summed E-state index contributed by atoms with van der Waals surface area (Å²) < 4.78 is 0. The summed E-state index contributed by atoms with van der Waals surface area (Å²) in [6.45, 7) is 6.95. The van der Waals surface area contributed by atoms with Crippen LogP contribution in [0, 0.1) is 12.8 Å². The molecule has 1 aliphatic rings. The van der Waals surface area contributed by atoms with Crippen molar-refractivity contribution in [1.82, 2.24) is 20.2 Å². The number of nitrogens with one attached hydrogen (secondary N) is 1. The topological polar surface area (TPSA) is 53.4 Å². The van der Waals surface area contributed by atoms with Crippen LogP contribution in [0.5, 0.6) is 0 Å². The molecule has 1 aromatic carbocycles. The van der Waals surface area contributed by atoms with Gasteiger partial charge >= 0.3 is 0 Å². The Labute approximate surface area is 179 Å². The van der Waals surface area contributed by atoms with Gasteiger partial charge in [0.2, 0.25) is 0 Å². The van der Waals surface area contributed by atoms with Crippen molar-refractivity contribution in [1.29, 1.82) is 0 Å². The summed E-state index contributed by atoms with van der Waals surface area (Å²) in [4.78, 5) is 15.5. The van der Waals surface area contributed by atoms with Crippen LogP contribution >= 0.6 is 24.0 Å². The highest BCUT2D eigenvalue weighted by Gasteiger charge is 2.30. The number of hydrogen-bond acceptors (Lipinski definition) is 3. The van der Waals surface area contributed by atoms with Gasteiger partial charge in [0.1, 0.15) is 5.82 Å². The minimum Gasteiger partial charge on any atom is -0.351 e. The van der Waals surface area contributed by atoms with E-state index in [9.17, 15) is 0 Å². The molecule has 3 rings (SSSR count). The third-order valence-electron chi connectivity index (χ3n) is 5.26. The van der Waals surface area contributed by atoms with E-state index in [0.717, 1.165) is 37.0 Å². The number of hydrogen-bond donors (Lipinski definition) is 1. The number of benzene rings is 1. The molecule has 2 unspecified atom stereocenters. The molecule has 146 valence electrons. The molecule has 0 amide bonds. The highest BCUT2D eigenvalue weighted by molar-refractivity contribution is 14.0. The van der Waals surface area contributed by atoms with Crippen molar-refractivity contribution in [3.8, 4) is 0 Å². The highest BCUT2D eigenvalue weighted by Crippen LogP contribution is 2.34. The lowest BCUT2D eigenvalue weighted by Crippen LogP contribution is -2.48. The zero-order valence-corrected chi connectivity index (χ0v) is 18.8. The van der Waals surface area contributed by atoms with E-state index >= 15 is 0 Å². The molecule has 0 bridgehead atoms. The molecule has 1 saturated heterocycles. The summed E-state index contributed by atoms with van der Waals surface area (Å²) in [6.07, 6.45) is 4.15. The standard InChI is InChI=1S/C21H29N5.HI/c1-4-17-15-26(13-11-20(17)18-8-6-5-7-9-18)21(22-3)24-14-19-10-12-23-16(2)25-19;/h5-10,12,17,20H,4,11,13-15H2,1-3H3,(H,22,24);1H. The van der Waals surface area contributed by atoms with Gasteiger partial charge in [-0.05, 0) is 36.8 Å². The van der Waals surface area contributed by atoms with Gasteiger partial charge in [0.05, 0.1) is 12.2 Å². The van der Waals surface area contributed by atoms with Gasteiger partial charge in [-0.3, -0.25) is 4.99 Å². The SMILES string of the molecule is CCC1CN(C(=NC)NCc2ccnc(C)n2)CCC1c1ccccc1.I. The third-order valence-corrected chi connectivity index (χ3v) is 5.26. The number of guanidine groups is 1. The average Bonchev–Trinajstić information content (AvgIpc) is 2.69. The van der Waals surface area contributed by atoms with Crippen molar-refractivity contribution in [2.75, 3.05) is 20.1 Å². The lowest BCUT2D eigenvalue weighted by atomic mass is 9.79. The summed E-state index contributed by atoms with van der Waals surface area (Å²) in [6, 6.07) is 12.9. The van der Waals surface area contributed by atoms with Crippen molar-refractivity contribution < 1.29 is 0 Å². The molecular formula is C21H30IN5. The van der Waals surface area contributed by atoms with Crippen molar-refractivity contribution in [2.45, 2.75) is 39.2 Å². The van der Waals surface area contributed by atoms with E-state index in [1.807, 2.05) is 20.0 Å². The number of aryl methyl sites for hydroxylation is 1. The van der Waals surface area contributed by atoms with E-state index in [2.05, 4.69) is 62.4 Å². The van der Waals surface area contributed by atoms with Crippen LogP contribution in [-0.4, -0.2) is 41.0 Å². The summed E-state index contributed by atoms with van der Waals surface area (Å²) in [7, 11) is 1.86. The smallest absolute Gasteiger partial charge is 0.193 e. The van der Waals surface area contributed by atoms with Crippen LogP contribution in [0.1, 0.15) is 42.8 Å². The maximum Gasteiger partial charge on any atom is 0.193 e. The average molecular weight is 479 g/mol. The fraction of sp³-hybridized carbons (Fsp3) is 0.476. The number of halogens is 1. The van der Waals surface area contributed by atoms with Crippen LogP contribution in [0.2, 0.25) is 0 Å².